The molecule has 3 N–H and O–H groups in total. The minimum Gasteiger partial charge on any atom is -0.507 e. The molecule has 1 heterocycles. The molecule has 2 rings (SSSR count). The minimum atomic E-state index is -0.950. The molecule has 1 aromatic carbocycles. The van der Waals surface area contributed by atoms with Crippen LogP contribution in [0.25, 0.3) is 0 Å². The standard InChI is InChI=1S/C22H30N2O3/c1-21(2,3)16-11-15(12-17(19(16)25)22(4,5)6)18(20(26)27)24-13-14-7-9-23-10-8-14/h7-12,18,24-25H,13H2,1-6H3,(H,26,27). The fourth-order valence-electron chi connectivity index (χ4n) is 3.04. The average molecular weight is 370 g/mol. The molecule has 0 saturated carbocycles. The van der Waals surface area contributed by atoms with Gasteiger partial charge in [0.25, 0.3) is 0 Å². The van der Waals surface area contributed by atoms with E-state index in [1.54, 1.807) is 12.4 Å². The highest BCUT2D eigenvalue weighted by molar-refractivity contribution is 5.76. The van der Waals surface area contributed by atoms with E-state index in [1.165, 1.54) is 0 Å². The van der Waals surface area contributed by atoms with Gasteiger partial charge in [0.1, 0.15) is 11.8 Å². The van der Waals surface area contributed by atoms with Crippen LogP contribution < -0.4 is 5.32 Å². The SMILES string of the molecule is CC(C)(C)c1cc(C(NCc2ccncc2)C(=O)O)cc(C(C)(C)C)c1O. The van der Waals surface area contributed by atoms with E-state index in [1.807, 2.05) is 65.8 Å². The molecule has 0 aliphatic carbocycles. The van der Waals surface area contributed by atoms with Gasteiger partial charge in [-0.1, -0.05) is 41.5 Å². The third-order valence-corrected chi connectivity index (χ3v) is 4.59. The van der Waals surface area contributed by atoms with Gasteiger partial charge < -0.3 is 10.2 Å². The highest BCUT2D eigenvalue weighted by Gasteiger charge is 2.29. The van der Waals surface area contributed by atoms with Crippen molar-refractivity contribution < 1.29 is 15.0 Å². The summed E-state index contributed by atoms with van der Waals surface area (Å²) in [7, 11) is 0. The molecular formula is C22H30N2O3. The number of aromatic hydroxyl groups is 1. The summed E-state index contributed by atoms with van der Waals surface area (Å²) in [4.78, 5) is 16.0. The molecule has 5 nitrogen and oxygen atoms in total. The van der Waals surface area contributed by atoms with Gasteiger partial charge in [-0.05, 0) is 57.3 Å². The van der Waals surface area contributed by atoms with Crippen molar-refractivity contribution in [3.8, 4) is 5.75 Å². The Morgan fingerprint density at radius 1 is 1.04 bits per heavy atom. The Morgan fingerprint density at radius 3 is 1.93 bits per heavy atom. The van der Waals surface area contributed by atoms with Gasteiger partial charge in [-0.3, -0.25) is 15.1 Å². The molecule has 0 aliphatic rings. The van der Waals surface area contributed by atoms with Crippen LogP contribution >= 0.6 is 0 Å². The molecule has 0 fully saturated rings. The Balaban J connectivity index is 2.50. The number of rotatable bonds is 5. The Hall–Kier alpha value is -2.40. The van der Waals surface area contributed by atoms with Gasteiger partial charge in [0.15, 0.2) is 0 Å². The summed E-state index contributed by atoms with van der Waals surface area (Å²) in [6, 6.07) is 6.44. The average Bonchev–Trinajstić information content (AvgIpc) is 2.54. The minimum absolute atomic E-state index is 0.247. The topological polar surface area (TPSA) is 82.5 Å². The smallest absolute Gasteiger partial charge is 0.325 e. The first-order chi connectivity index (χ1) is 12.4. The van der Waals surface area contributed by atoms with Gasteiger partial charge in [-0.15, -0.1) is 0 Å². The van der Waals surface area contributed by atoms with Crippen LogP contribution in [0.5, 0.6) is 5.75 Å². The van der Waals surface area contributed by atoms with Gasteiger partial charge in [-0.25, -0.2) is 0 Å². The van der Waals surface area contributed by atoms with E-state index in [2.05, 4.69) is 10.3 Å². The molecule has 0 saturated heterocycles. The summed E-state index contributed by atoms with van der Waals surface area (Å²) in [5, 5.41) is 23.8. The maximum atomic E-state index is 12.0. The quantitative estimate of drug-likeness (QED) is 0.731. The number of phenols is 1. The predicted octanol–water partition coefficient (Wildman–Crippen LogP) is 4.30. The van der Waals surface area contributed by atoms with Gasteiger partial charge in [0.2, 0.25) is 0 Å². The number of benzene rings is 1. The molecule has 5 heteroatoms. The Labute approximate surface area is 161 Å². The van der Waals surface area contributed by atoms with Crippen molar-refractivity contribution in [3.63, 3.8) is 0 Å². The third kappa shape index (κ3) is 5.07. The van der Waals surface area contributed by atoms with Gasteiger partial charge in [-0.2, -0.15) is 0 Å². The molecule has 27 heavy (non-hydrogen) atoms. The first-order valence-electron chi connectivity index (χ1n) is 9.14. The van der Waals surface area contributed by atoms with Gasteiger partial charge >= 0.3 is 5.97 Å². The lowest BCUT2D eigenvalue weighted by atomic mass is 9.77. The van der Waals surface area contributed by atoms with Crippen molar-refractivity contribution in [3.05, 3.63) is 58.9 Å². The number of hydrogen-bond donors (Lipinski definition) is 3. The fraction of sp³-hybridized carbons (Fsp3) is 0.455. The van der Waals surface area contributed by atoms with Crippen molar-refractivity contribution in [2.24, 2.45) is 0 Å². The van der Waals surface area contributed by atoms with E-state index in [9.17, 15) is 15.0 Å². The van der Waals surface area contributed by atoms with E-state index < -0.39 is 12.0 Å². The second kappa shape index (κ2) is 7.69. The van der Waals surface area contributed by atoms with Crippen LogP contribution in [0.1, 0.15) is 69.8 Å². The van der Waals surface area contributed by atoms with E-state index in [-0.39, 0.29) is 16.6 Å². The van der Waals surface area contributed by atoms with Crippen LogP contribution in [0, 0.1) is 0 Å². The molecule has 0 radical (unpaired) electrons. The summed E-state index contributed by atoms with van der Waals surface area (Å²) in [5.74, 6) is -0.702. The lowest BCUT2D eigenvalue weighted by molar-refractivity contribution is -0.139. The molecule has 1 aromatic heterocycles. The number of carbonyl (C=O) groups is 1. The second-order valence-electron chi connectivity index (χ2n) is 8.97. The van der Waals surface area contributed by atoms with Crippen LogP contribution in [-0.4, -0.2) is 21.2 Å². The van der Waals surface area contributed by atoms with Crippen LogP contribution in [0.4, 0.5) is 0 Å². The van der Waals surface area contributed by atoms with E-state index >= 15 is 0 Å². The number of nitrogens with zero attached hydrogens (tertiary/aromatic N) is 1. The van der Waals surface area contributed by atoms with Crippen LogP contribution in [0.3, 0.4) is 0 Å². The molecule has 1 unspecified atom stereocenters. The summed E-state index contributed by atoms with van der Waals surface area (Å²) in [6.45, 7) is 12.5. The zero-order chi connectivity index (χ0) is 20.4. The fourth-order valence-corrected chi connectivity index (χ4v) is 3.04. The summed E-state index contributed by atoms with van der Waals surface area (Å²) in [6.07, 6.45) is 3.37. The van der Waals surface area contributed by atoms with E-state index in [0.717, 1.165) is 16.7 Å². The summed E-state index contributed by atoms with van der Waals surface area (Å²) >= 11 is 0. The van der Waals surface area contributed by atoms with Crippen LogP contribution in [0.15, 0.2) is 36.7 Å². The maximum Gasteiger partial charge on any atom is 0.325 e. The van der Waals surface area contributed by atoms with Crippen molar-refractivity contribution in [1.29, 1.82) is 0 Å². The molecule has 1 atom stereocenters. The Bertz CT molecular complexity index is 768. The number of pyridine rings is 1. The number of carboxylic acid groups (broad SMARTS) is 1. The van der Waals surface area contributed by atoms with Gasteiger partial charge in [0, 0.05) is 18.9 Å². The molecule has 2 aromatic rings. The Kier molecular flexibility index (Phi) is 5.95. The molecule has 146 valence electrons. The number of carboxylic acids is 1. The van der Waals surface area contributed by atoms with Crippen molar-refractivity contribution in [2.45, 2.75) is 65.0 Å². The lowest BCUT2D eigenvalue weighted by Gasteiger charge is -2.29. The number of aliphatic carboxylic acids is 1. The largest absolute Gasteiger partial charge is 0.507 e. The van der Waals surface area contributed by atoms with Crippen molar-refractivity contribution >= 4 is 5.97 Å². The summed E-state index contributed by atoms with van der Waals surface area (Å²) in [5.41, 5.74) is 2.48. The molecule has 0 aliphatic heterocycles. The molecule has 0 amide bonds. The second-order valence-corrected chi connectivity index (χ2v) is 8.97. The third-order valence-electron chi connectivity index (χ3n) is 4.59. The first-order valence-corrected chi connectivity index (χ1v) is 9.14. The predicted molar refractivity (Wildman–Crippen MR) is 107 cm³/mol. The monoisotopic (exact) mass is 370 g/mol. The van der Waals surface area contributed by atoms with Crippen molar-refractivity contribution in [2.75, 3.05) is 0 Å². The zero-order valence-electron chi connectivity index (χ0n) is 17.0. The summed E-state index contributed by atoms with van der Waals surface area (Å²) < 4.78 is 0. The first kappa shape index (κ1) is 20.9. The van der Waals surface area contributed by atoms with E-state index in [4.69, 9.17) is 0 Å². The lowest BCUT2D eigenvalue weighted by Crippen LogP contribution is -2.29. The number of nitrogens with one attached hydrogen (secondary N) is 1. The highest BCUT2D eigenvalue weighted by atomic mass is 16.4. The molecule has 0 spiro atoms. The van der Waals surface area contributed by atoms with Gasteiger partial charge in [0.05, 0.1) is 0 Å². The zero-order valence-corrected chi connectivity index (χ0v) is 17.0. The molecular weight excluding hydrogens is 340 g/mol. The number of hydrogen-bond acceptors (Lipinski definition) is 4. The van der Waals surface area contributed by atoms with Crippen molar-refractivity contribution in [1.82, 2.24) is 10.3 Å². The van der Waals surface area contributed by atoms with Crippen LogP contribution in [-0.2, 0) is 22.2 Å². The molecule has 0 bridgehead atoms. The number of aromatic nitrogens is 1. The highest BCUT2D eigenvalue weighted by Crippen LogP contribution is 2.40. The normalized spacial score (nSPS) is 13.4. The van der Waals surface area contributed by atoms with Crippen LogP contribution in [0.2, 0.25) is 0 Å². The Morgan fingerprint density at radius 2 is 1.52 bits per heavy atom. The number of phenolic OH excluding ortho intramolecular Hbond substituents is 1. The van der Waals surface area contributed by atoms with E-state index in [0.29, 0.717) is 12.1 Å². The maximum absolute atomic E-state index is 12.0.